The number of benzene rings is 2. The third-order valence-corrected chi connectivity index (χ3v) is 7.24. The molecule has 2 aromatic carbocycles. The molecular formula is C29H38F2N2O3. The van der Waals surface area contributed by atoms with Crippen molar-refractivity contribution in [2.75, 3.05) is 26.2 Å². The molecule has 196 valence electrons. The number of unbranched alkanes of at least 4 members (excludes halogenated alkanes) is 2. The van der Waals surface area contributed by atoms with Crippen LogP contribution in [0, 0.1) is 17.6 Å². The summed E-state index contributed by atoms with van der Waals surface area (Å²) >= 11 is 0. The van der Waals surface area contributed by atoms with Crippen molar-refractivity contribution in [2.24, 2.45) is 5.92 Å². The minimum atomic E-state index is -1.02. The number of aryl methyl sites for hydroxylation is 1. The number of carboxylic acid groups (broad SMARTS) is 1. The van der Waals surface area contributed by atoms with E-state index in [9.17, 15) is 23.5 Å². The largest absolute Gasteiger partial charge is 0.481 e. The van der Waals surface area contributed by atoms with Gasteiger partial charge in [-0.05, 0) is 48.1 Å². The molecule has 0 radical (unpaired) electrons. The lowest BCUT2D eigenvalue weighted by atomic mass is 9.82. The van der Waals surface area contributed by atoms with Gasteiger partial charge in [0.25, 0.3) is 0 Å². The minimum Gasteiger partial charge on any atom is -0.481 e. The van der Waals surface area contributed by atoms with Crippen molar-refractivity contribution in [1.82, 2.24) is 9.80 Å². The Morgan fingerprint density at radius 2 is 1.56 bits per heavy atom. The van der Waals surface area contributed by atoms with Gasteiger partial charge in [0.1, 0.15) is 0 Å². The number of carbonyl (C=O) groups is 2. The predicted octanol–water partition coefficient (Wildman–Crippen LogP) is 5.80. The van der Waals surface area contributed by atoms with E-state index in [0.717, 1.165) is 55.4 Å². The van der Waals surface area contributed by atoms with Gasteiger partial charge in [0.2, 0.25) is 5.91 Å². The molecule has 3 atom stereocenters. The van der Waals surface area contributed by atoms with E-state index in [1.165, 1.54) is 6.07 Å². The molecule has 0 spiro atoms. The summed E-state index contributed by atoms with van der Waals surface area (Å²) in [6.45, 7) is 7.92. The van der Waals surface area contributed by atoms with Crippen molar-refractivity contribution in [1.29, 1.82) is 0 Å². The summed E-state index contributed by atoms with van der Waals surface area (Å²) in [5.41, 5.74) is 2.38. The molecule has 7 heteroatoms. The van der Waals surface area contributed by atoms with Gasteiger partial charge < -0.3 is 10.0 Å². The Hall–Kier alpha value is -2.80. The summed E-state index contributed by atoms with van der Waals surface area (Å²) in [4.78, 5) is 29.8. The lowest BCUT2D eigenvalue weighted by molar-refractivity contribution is -0.144. The number of halogens is 2. The van der Waals surface area contributed by atoms with Gasteiger partial charge >= 0.3 is 5.97 Å². The highest BCUT2D eigenvalue weighted by Crippen LogP contribution is 2.46. The van der Waals surface area contributed by atoms with Crippen LogP contribution in [0.2, 0.25) is 0 Å². The quantitative estimate of drug-likeness (QED) is 0.400. The smallest absolute Gasteiger partial charge is 0.309 e. The maximum atomic E-state index is 14.1. The SMILES string of the molecule is CCCCN(CCCC)C(=O)CN1CC(c2ccc(F)c(F)c2)C(C(=O)O)C1c1ccc(CC)cc1. The molecule has 1 amide bonds. The topological polar surface area (TPSA) is 60.9 Å². The third-order valence-electron chi connectivity index (χ3n) is 7.24. The number of carbonyl (C=O) groups excluding carboxylic acids is 1. The van der Waals surface area contributed by atoms with E-state index in [2.05, 4.69) is 20.8 Å². The number of nitrogens with zero attached hydrogens (tertiary/aromatic N) is 2. The fraction of sp³-hybridized carbons (Fsp3) is 0.517. The fourth-order valence-corrected chi connectivity index (χ4v) is 5.15. The van der Waals surface area contributed by atoms with Gasteiger partial charge in [-0.3, -0.25) is 14.5 Å². The van der Waals surface area contributed by atoms with Gasteiger partial charge in [0, 0.05) is 31.6 Å². The highest BCUT2D eigenvalue weighted by molar-refractivity contribution is 5.79. The van der Waals surface area contributed by atoms with Crippen LogP contribution in [0.1, 0.15) is 75.1 Å². The lowest BCUT2D eigenvalue weighted by Gasteiger charge is -2.30. The van der Waals surface area contributed by atoms with Gasteiger partial charge in [0.05, 0.1) is 12.5 Å². The van der Waals surface area contributed by atoms with E-state index in [-0.39, 0.29) is 19.0 Å². The summed E-state index contributed by atoms with van der Waals surface area (Å²) in [5.74, 6) is -4.50. The van der Waals surface area contributed by atoms with Crippen molar-refractivity contribution in [3.8, 4) is 0 Å². The van der Waals surface area contributed by atoms with Crippen LogP contribution in [0.25, 0.3) is 0 Å². The number of hydrogen-bond donors (Lipinski definition) is 1. The molecule has 0 aliphatic carbocycles. The first kappa shape index (κ1) is 27.8. The first-order chi connectivity index (χ1) is 17.3. The van der Waals surface area contributed by atoms with Crippen LogP contribution in [0.5, 0.6) is 0 Å². The normalized spacial score (nSPS) is 20.0. The maximum absolute atomic E-state index is 14.1. The number of aliphatic carboxylic acids is 1. The van der Waals surface area contributed by atoms with Gasteiger partial charge in [-0.1, -0.05) is 63.9 Å². The molecule has 0 saturated carbocycles. The Balaban J connectivity index is 1.98. The second-order valence-electron chi connectivity index (χ2n) is 9.70. The summed E-state index contributed by atoms with van der Waals surface area (Å²) < 4.78 is 27.8. The van der Waals surface area contributed by atoms with Crippen molar-refractivity contribution in [3.05, 3.63) is 70.8 Å². The molecule has 5 nitrogen and oxygen atoms in total. The third kappa shape index (κ3) is 6.49. The molecule has 1 N–H and O–H groups in total. The van der Waals surface area contributed by atoms with Crippen LogP contribution in [-0.2, 0) is 16.0 Å². The molecule has 1 aliphatic heterocycles. The standard InChI is InChI=1S/C29H38F2N2O3/c1-4-7-15-32(16-8-5-2)26(34)19-33-18-23(22-13-14-24(30)25(31)17-22)27(29(35)36)28(33)21-11-9-20(6-3)10-12-21/h9-14,17,23,27-28H,4-8,15-16,18-19H2,1-3H3,(H,35,36). The zero-order chi connectivity index (χ0) is 26.2. The van der Waals surface area contributed by atoms with Crippen molar-refractivity contribution >= 4 is 11.9 Å². The Labute approximate surface area is 213 Å². The monoisotopic (exact) mass is 500 g/mol. The second-order valence-corrected chi connectivity index (χ2v) is 9.70. The molecule has 0 bridgehead atoms. The molecule has 3 unspecified atom stereocenters. The molecule has 1 saturated heterocycles. The van der Waals surface area contributed by atoms with E-state index >= 15 is 0 Å². The predicted molar refractivity (Wildman–Crippen MR) is 137 cm³/mol. The van der Waals surface area contributed by atoms with E-state index in [1.807, 2.05) is 34.1 Å². The van der Waals surface area contributed by atoms with Crippen LogP contribution in [0.4, 0.5) is 8.78 Å². The Morgan fingerprint density at radius 1 is 0.944 bits per heavy atom. The molecular weight excluding hydrogens is 462 g/mol. The summed E-state index contributed by atoms with van der Waals surface area (Å²) in [6, 6.07) is 10.8. The zero-order valence-corrected chi connectivity index (χ0v) is 21.6. The number of hydrogen-bond acceptors (Lipinski definition) is 3. The number of rotatable bonds is 12. The molecule has 0 aromatic heterocycles. The van der Waals surface area contributed by atoms with E-state index in [4.69, 9.17) is 0 Å². The number of carboxylic acids is 1. The lowest BCUT2D eigenvalue weighted by Crippen LogP contribution is -2.42. The summed E-state index contributed by atoms with van der Waals surface area (Å²) in [7, 11) is 0. The highest BCUT2D eigenvalue weighted by atomic mass is 19.2. The van der Waals surface area contributed by atoms with Crippen molar-refractivity contribution in [3.63, 3.8) is 0 Å². The fourth-order valence-electron chi connectivity index (χ4n) is 5.15. The first-order valence-corrected chi connectivity index (χ1v) is 13.1. The Morgan fingerprint density at radius 3 is 2.08 bits per heavy atom. The first-order valence-electron chi connectivity index (χ1n) is 13.1. The Bertz CT molecular complexity index is 1020. The molecule has 1 aliphatic rings. The van der Waals surface area contributed by atoms with Crippen molar-refractivity contribution < 1.29 is 23.5 Å². The molecule has 3 rings (SSSR count). The van der Waals surface area contributed by atoms with Crippen LogP contribution in [0.15, 0.2) is 42.5 Å². The average Bonchev–Trinajstić information content (AvgIpc) is 3.25. The second kappa shape index (κ2) is 12.9. The van der Waals surface area contributed by atoms with Gasteiger partial charge in [-0.2, -0.15) is 0 Å². The van der Waals surface area contributed by atoms with Crippen LogP contribution in [0.3, 0.4) is 0 Å². The zero-order valence-electron chi connectivity index (χ0n) is 21.6. The summed E-state index contributed by atoms with van der Waals surface area (Å²) in [5, 5.41) is 10.3. The van der Waals surface area contributed by atoms with E-state index in [1.54, 1.807) is 0 Å². The maximum Gasteiger partial charge on any atom is 0.309 e. The van der Waals surface area contributed by atoms with E-state index < -0.39 is 35.5 Å². The molecule has 1 fully saturated rings. The van der Waals surface area contributed by atoms with Crippen LogP contribution >= 0.6 is 0 Å². The van der Waals surface area contributed by atoms with Crippen molar-refractivity contribution in [2.45, 2.75) is 64.8 Å². The number of likely N-dealkylation sites (tertiary alicyclic amines) is 1. The molecule has 2 aromatic rings. The molecule has 36 heavy (non-hydrogen) atoms. The van der Waals surface area contributed by atoms with Gasteiger partial charge in [0.15, 0.2) is 11.6 Å². The van der Waals surface area contributed by atoms with Crippen LogP contribution in [-0.4, -0.2) is 53.0 Å². The highest BCUT2D eigenvalue weighted by Gasteiger charge is 2.48. The Kier molecular flexibility index (Phi) is 9.99. The summed E-state index contributed by atoms with van der Waals surface area (Å²) in [6.07, 6.45) is 4.63. The van der Waals surface area contributed by atoms with Gasteiger partial charge in [-0.25, -0.2) is 8.78 Å². The van der Waals surface area contributed by atoms with Crippen LogP contribution < -0.4 is 0 Å². The van der Waals surface area contributed by atoms with Gasteiger partial charge in [-0.15, -0.1) is 0 Å². The molecule has 1 heterocycles. The van der Waals surface area contributed by atoms with E-state index in [0.29, 0.717) is 18.7 Å². The minimum absolute atomic E-state index is 0.0258. The average molecular weight is 501 g/mol. The number of amides is 1.